The number of hydrogen-bond donors (Lipinski definition) is 0. The van der Waals surface area contributed by atoms with Crippen LogP contribution in [0.1, 0.15) is 11.1 Å². The van der Waals surface area contributed by atoms with Crippen LogP contribution in [0, 0.1) is 12.7 Å². The molecule has 2 aromatic carbocycles. The van der Waals surface area contributed by atoms with Gasteiger partial charge >= 0.3 is 0 Å². The number of rotatable bonds is 2. The first-order valence-corrected chi connectivity index (χ1v) is 6.85. The van der Waals surface area contributed by atoms with Crippen molar-refractivity contribution < 1.29 is 4.39 Å². The summed E-state index contributed by atoms with van der Waals surface area (Å²) in [6.45, 7) is 6.17. The van der Waals surface area contributed by atoms with Crippen LogP contribution in [0.5, 0.6) is 0 Å². The minimum atomic E-state index is -0.223. The second kappa shape index (κ2) is 5.41. The van der Waals surface area contributed by atoms with Crippen molar-refractivity contribution >= 4 is 11.3 Å². The largest absolute Gasteiger partial charge is 0.317 e. The maximum absolute atomic E-state index is 13.0. The van der Waals surface area contributed by atoms with Crippen molar-refractivity contribution in [2.24, 2.45) is 0 Å². The van der Waals surface area contributed by atoms with Gasteiger partial charge in [0.25, 0.3) is 0 Å². The topological polar surface area (TPSA) is 3.24 Å². The molecule has 0 saturated carbocycles. The summed E-state index contributed by atoms with van der Waals surface area (Å²) in [6.07, 6.45) is 6.02. The Labute approximate surface area is 124 Å². The lowest BCUT2D eigenvalue weighted by molar-refractivity contribution is 0.627. The molecule has 0 radical (unpaired) electrons. The molecule has 0 bridgehead atoms. The fourth-order valence-corrected chi connectivity index (χ4v) is 2.40. The van der Waals surface area contributed by atoms with Crippen LogP contribution >= 0.6 is 0 Å². The molecule has 0 spiro atoms. The standard InChI is InChI=1S/C19H16FN/c1-14-5-3-4-6-19(14)21-13-17(8-7-15(21)2)16-9-11-18(20)12-10-16/h3-13H,2H2,1H3. The normalized spacial score (nSPS) is 14.3. The van der Waals surface area contributed by atoms with E-state index in [2.05, 4.69) is 30.5 Å². The zero-order valence-electron chi connectivity index (χ0n) is 11.9. The van der Waals surface area contributed by atoms with E-state index in [-0.39, 0.29) is 5.82 Å². The van der Waals surface area contributed by atoms with E-state index in [1.54, 1.807) is 12.1 Å². The summed E-state index contributed by atoms with van der Waals surface area (Å²) >= 11 is 0. The summed E-state index contributed by atoms with van der Waals surface area (Å²) < 4.78 is 13.0. The lowest BCUT2D eigenvalue weighted by Crippen LogP contribution is -2.17. The summed E-state index contributed by atoms with van der Waals surface area (Å²) in [4.78, 5) is 2.06. The SMILES string of the molecule is C=C1C=CC(c2ccc(F)cc2)=CN1c1ccccc1C. The Bertz CT molecular complexity index is 738. The first kappa shape index (κ1) is 13.4. The van der Waals surface area contributed by atoms with E-state index in [0.717, 1.165) is 22.5 Å². The highest BCUT2D eigenvalue weighted by Gasteiger charge is 2.13. The molecule has 0 N–H and O–H groups in total. The van der Waals surface area contributed by atoms with Crippen molar-refractivity contribution in [2.45, 2.75) is 6.92 Å². The van der Waals surface area contributed by atoms with E-state index in [9.17, 15) is 4.39 Å². The van der Waals surface area contributed by atoms with Crippen LogP contribution in [0.2, 0.25) is 0 Å². The molecule has 0 saturated heterocycles. The molecule has 1 aliphatic heterocycles. The molecule has 1 nitrogen and oxygen atoms in total. The van der Waals surface area contributed by atoms with Crippen LogP contribution in [-0.4, -0.2) is 0 Å². The van der Waals surface area contributed by atoms with Gasteiger partial charge in [0.05, 0.1) is 0 Å². The highest BCUT2D eigenvalue weighted by atomic mass is 19.1. The minimum absolute atomic E-state index is 0.223. The van der Waals surface area contributed by atoms with Gasteiger partial charge in [-0.15, -0.1) is 0 Å². The number of nitrogens with zero attached hydrogens (tertiary/aromatic N) is 1. The number of benzene rings is 2. The van der Waals surface area contributed by atoms with Gasteiger partial charge in [-0.1, -0.05) is 43.0 Å². The molecule has 0 unspecified atom stereocenters. The molecular weight excluding hydrogens is 261 g/mol. The van der Waals surface area contributed by atoms with E-state index >= 15 is 0 Å². The Morgan fingerprint density at radius 1 is 0.952 bits per heavy atom. The van der Waals surface area contributed by atoms with Gasteiger partial charge in [0.1, 0.15) is 5.82 Å². The summed E-state index contributed by atoms with van der Waals surface area (Å²) in [7, 11) is 0. The molecule has 21 heavy (non-hydrogen) atoms. The molecule has 0 aromatic heterocycles. The average Bonchev–Trinajstić information content (AvgIpc) is 2.50. The zero-order valence-corrected chi connectivity index (χ0v) is 11.9. The number of hydrogen-bond acceptors (Lipinski definition) is 1. The van der Waals surface area contributed by atoms with Gasteiger partial charge in [0, 0.05) is 17.6 Å². The lowest BCUT2D eigenvalue weighted by Gasteiger charge is -2.27. The Morgan fingerprint density at radius 3 is 2.38 bits per heavy atom. The fourth-order valence-electron chi connectivity index (χ4n) is 2.40. The fraction of sp³-hybridized carbons (Fsp3) is 0.0526. The Kier molecular flexibility index (Phi) is 3.44. The monoisotopic (exact) mass is 277 g/mol. The summed E-state index contributed by atoms with van der Waals surface area (Å²) in [5.74, 6) is -0.223. The number of allylic oxidation sites excluding steroid dienone is 3. The third-order valence-electron chi connectivity index (χ3n) is 3.59. The quantitative estimate of drug-likeness (QED) is 0.741. The molecule has 2 heteroatoms. The Morgan fingerprint density at radius 2 is 1.67 bits per heavy atom. The van der Waals surface area contributed by atoms with Crippen LogP contribution in [-0.2, 0) is 0 Å². The van der Waals surface area contributed by atoms with Crippen molar-refractivity contribution in [1.29, 1.82) is 0 Å². The van der Waals surface area contributed by atoms with Crippen molar-refractivity contribution in [3.63, 3.8) is 0 Å². The van der Waals surface area contributed by atoms with Crippen LogP contribution in [0.4, 0.5) is 10.1 Å². The summed E-state index contributed by atoms with van der Waals surface area (Å²) in [6, 6.07) is 14.7. The van der Waals surface area contributed by atoms with E-state index < -0.39 is 0 Å². The van der Waals surface area contributed by atoms with Crippen molar-refractivity contribution in [1.82, 2.24) is 0 Å². The maximum Gasteiger partial charge on any atom is 0.123 e. The van der Waals surface area contributed by atoms with E-state index in [1.165, 1.54) is 17.7 Å². The smallest absolute Gasteiger partial charge is 0.123 e. The Balaban J connectivity index is 2.02. The van der Waals surface area contributed by atoms with Gasteiger partial charge < -0.3 is 4.90 Å². The van der Waals surface area contributed by atoms with Gasteiger partial charge in [-0.05, 0) is 47.9 Å². The second-order valence-electron chi connectivity index (χ2n) is 5.07. The molecule has 104 valence electrons. The molecular formula is C19H16FN. The molecule has 0 fully saturated rings. The first-order chi connectivity index (χ1) is 10.1. The number of halogens is 1. The summed E-state index contributed by atoms with van der Waals surface area (Å²) in [5.41, 5.74) is 5.22. The second-order valence-corrected chi connectivity index (χ2v) is 5.07. The van der Waals surface area contributed by atoms with Crippen LogP contribution in [0.3, 0.4) is 0 Å². The third kappa shape index (κ3) is 2.65. The molecule has 3 rings (SSSR count). The van der Waals surface area contributed by atoms with Crippen LogP contribution < -0.4 is 4.90 Å². The van der Waals surface area contributed by atoms with Gasteiger partial charge in [-0.25, -0.2) is 4.39 Å². The molecule has 1 heterocycles. The summed E-state index contributed by atoms with van der Waals surface area (Å²) in [5, 5.41) is 0. The van der Waals surface area contributed by atoms with Gasteiger partial charge in [-0.3, -0.25) is 0 Å². The average molecular weight is 277 g/mol. The number of para-hydroxylation sites is 1. The van der Waals surface area contributed by atoms with Gasteiger partial charge in [-0.2, -0.15) is 0 Å². The molecule has 0 atom stereocenters. The van der Waals surface area contributed by atoms with Gasteiger partial charge in [0.2, 0.25) is 0 Å². The number of anilines is 1. The number of aryl methyl sites for hydroxylation is 1. The maximum atomic E-state index is 13.0. The molecule has 0 amide bonds. The predicted molar refractivity (Wildman–Crippen MR) is 86.3 cm³/mol. The lowest BCUT2D eigenvalue weighted by atomic mass is 10.0. The highest BCUT2D eigenvalue weighted by molar-refractivity contribution is 5.81. The molecule has 2 aromatic rings. The van der Waals surface area contributed by atoms with E-state index in [4.69, 9.17) is 0 Å². The molecule has 0 aliphatic carbocycles. The van der Waals surface area contributed by atoms with Crippen LogP contribution in [0.25, 0.3) is 5.57 Å². The van der Waals surface area contributed by atoms with Crippen molar-refractivity contribution in [3.8, 4) is 0 Å². The first-order valence-electron chi connectivity index (χ1n) is 6.85. The third-order valence-corrected chi connectivity index (χ3v) is 3.59. The highest BCUT2D eigenvalue weighted by Crippen LogP contribution is 2.30. The zero-order chi connectivity index (χ0) is 14.8. The van der Waals surface area contributed by atoms with Crippen LogP contribution in [0.15, 0.2) is 79.2 Å². The van der Waals surface area contributed by atoms with Crippen molar-refractivity contribution in [3.05, 3.63) is 96.1 Å². The van der Waals surface area contributed by atoms with Crippen molar-refractivity contribution in [2.75, 3.05) is 4.90 Å². The van der Waals surface area contributed by atoms with Gasteiger partial charge in [0.15, 0.2) is 0 Å². The minimum Gasteiger partial charge on any atom is -0.317 e. The van der Waals surface area contributed by atoms with E-state index in [0.29, 0.717) is 0 Å². The molecule has 1 aliphatic rings. The predicted octanol–water partition coefficient (Wildman–Crippen LogP) is 5.07. The Hall–Kier alpha value is -2.61. The van der Waals surface area contributed by atoms with E-state index in [1.807, 2.05) is 30.5 Å².